The molecular formula is C13H16BrN3. The molecule has 1 aliphatic rings. The van der Waals surface area contributed by atoms with E-state index in [1.807, 2.05) is 11.7 Å². The Morgan fingerprint density at radius 1 is 1.41 bits per heavy atom. The van der Waals surface area contributed by atoms with Gasteiger partial charge >= 0.3 is 0 Å². The van der Waals surface area contributed by atoms with Crippen LogP contribution in [0.4, 0.5) is 0 Å². The van der Waals surface area contributed by atoms with E-state index in [0.29, 0.717) is 6.04 Å². The van der Waals surface area contributed by atoms with E-state index in [0.717, 1.165) is 11.1 Å². The number of halogens is 1. The lowest BCUT2D eigenvalue weighted by Crippen LogP contribution is -2.26. The quantitative estimate of drug-likeness (QED) is 0.875. The van der Waals surface area contributed by atoms with E-state index >= 15 is 0 Å². The molecule has 0 bridgehead atoms. The SMILES string of the molecule is Cn1nc(Br)c2c(C3CCCCN3)cccc21. The van der Waals surface area contributed by atoms with Gasteiger partial charge in [-0.05, 0) is 46.9 Å². The van der Waals surface area contributed by atoms with Gasteiger partial charge in [-0.15, -0.1) is 0 Å². The maximum absolute atomic E-state index is 4.45. The van der Waals surface area contributed by atoms with Gasteiger partial charge in [0.25, 0.3) is 0 Å². The van der Waals surface area contributed by atoms with Gasteiger partial charge in [0.05, 0.1) is 5.52 Å². The van der Waals surface area contributed by atoms with E-state index < -0.39 is 0 Å². The Morgan fingerprint density at radius 3 is 3.06 bits per heavy atom. The van der Waals surface area contributed by atoms with Crippen molar-refractivity contribution in [2.75, 3.05) is 6.54 Å². The van der Waals surface area contributed by atoms with Gasteiger partial charge < -0.3 is 5.32 Å². The second-order valence-corrected chi connectivity index (χ2v) is 5.41. The van der Waals surface area contributed by atoms with Crippen molar-refractivity contribution >= 4 is 26.8 Å². The molecule has 0 amide bonds. The topological polar surface area (TPSA) is 29.9 Å². The third kappa shape index (κ3) is 1.89. The van der Waals surface area contributed by atoms with Crippen LogP contribution in [0.15, 0.2) is 22.8 Å². The van der Waals surface area contributed by atoms with Crippen molar-refractivity contribution in [3.8, 4) is 0 Å². The molecule has 0 saturated carbocycles. The summed E-state index contributed by atoms with van der Waals surface area (Å²) in [6, 6.07) is 6.95. The van der Waals surface area contributed by atoms with Crippen molar-refractivity contribution in [1.82, 2.24) is 15.1 Å². The third-order valence-electron chi connectivity index (χ3n) is 3.55. The Balaban J connectivity index is 2.15. The van der Waals surface area contributed by atoms with Crippen LogP contribution in [-0.4, -0.2) is 16.3 Å². The number of aryl methyl sites for hydroxylation is 1. The van der Waals surface area contributed by atoms with Crippen LogP contribution in [0.5, 0.6) is 0 Å². The highest BCUT2D eigenvalue weighted by Crippen LogP contribution is 2.33. The Bertz CT molecular complexity index is 541. The smallest absolute Gasteiger partial charge is 0.136 e. The van der Waals surface area contributed by atoms with Gasteiger partial charge in [0.15, 0.2) is 0 Å². The summed E-state index contributed by atoms with van der Waals surface area (Å²) in [5, 5.41) is 9.32. The highest BCUT2D eigenvalue weighted by Gasteiger charge is 2.19. The van der Waals surface area contributed by atoms with Crippen LogP contribution in [0, 0.1) is 0 Å². The first kappa shape index (κ1) is 11.2. The Hall–Kier alpha value is -0.870. The van der Waals surface area contributed by atoms with Crippen LogP contribution < -0.4 is 5.32 Å². The Labute approximate surface area is 109 Å². The number of piperidine rings is 1. The first-order valence-corrected chi connectivity index (χ1v) is 6.91. The number of nitrogens with zero attached hydrogens (tertiary/aromatic N) is 2. The molecule has 17 heavy (non-hydrogen) atoms. The van der Waals surface area contributed by atoms with Gasteiger partial charge in [-0.3, -0.25) is 4.68 Å². The minimum Gasteiger partial charge on any atom is -0.310 e. The molecular weight excluding hydrogens is 278 g/mol. The molecule has 1 aromatic heterocycles. The molecule has 1 fully saturated rings. The summed E-state index contributed by atoms with van der Waals surface area (Å²) in [6.07, 6.45) is 3.83. The van der Waals surface area contributed by atoms with Gasteiger partial charge in [-0.25, -0.2) is 0 Å². The summed E-state index contributed by atoms with van der Waals surface area (Å²) in [5.74, 6) is 0. The number of nitrogens with one attached hydrogen (secondary N) is 1. The molecule has 0 radical (unpaired) electrons. The molecule has 4 heteroatoms. The van der Waals surface area contributed by atoms with E-state index in [2.05, 4.69) is 44.5 Å². The number of rotatable bonds is 1. The first-order chi connectivity index (χ1) is 8.27. The van der Waals surface area contributed by atoms with Crippen LogP contribution in [-0.2, 0) is 7.05 Å². The van der Waals surface area contributed by atoms with Crippen molar-refractivity contribution in [2.45, 2.75) is 25.3 Å². The number of hydrogen-bond acceptors (Lipinski definition) is 2. The first-order valence-electron chi connectivity index (χ1n) is 6.12. The lowest BCUT2D eigenvalue weighted by Gasteiger charge is -2.24. The highest BCUT2D eigenvalue weighted by atomic mass is 79.9. The van der Waals surface area contributed by atoms with Crippen LogP contribution in [0.1, 0.15) is 30.9 Å². The number of benzene rings is 1. The van der Waals surface area contributed by atoms with Gasteiger partial charge in [0.2, 0.25) is 0 Å². The zero-order valence-electron chi connectivity index (χ0n) is 9.91. The Kier molecular flexibility index (Phi) is 2.92. The monoisotopic (exact) mass is 293 g/mol. The summed E-state index contributed by atoms with van der Waals surface area (Å²) in [7, 11) is 1.99. The normalized spacial score (nSPS) is 20.9. The molecule has 90 valence electrons. The predicted octanol–water partition coefficient (Wildman–Crippen LogP) is 3.15. The lowest BCUT2D eigenvalue weighted by atomic mass is 9.95. The second-order valence-electron chi connectivity index (χ2n) is 4.66. The van der Waals surface area contributed by atoms with Crippen molar-refractivity contribution in [1.29, 1.82) is 0 Å². The van der Waals surface area contributed by atoms with Gasteiger partial charge in [0, 0.05) is 18.5 Å². The molecule has 3 rings (SSSR count). The molecule has 2 aromatic rings. The minimum absolute atomic E-state index is 0.480. The zero-order valence-corrected chi connectivity index (χ0v) is 11.5. The summed E-state index contributed by atoms with van der Waals surface area (Å²) in [6.45, 7) is 1.12. The van der Waals surface area contributed by atoms with Crippen molar-refractivity contribution in [3.63, 3.8) is 0 Å². The molecule has 1 aromatic carbocycles. The van der Waals surface area contributed by atoms with Crippen LogP contribution >= 0.6 is 15.9 Å². The molecule has 0 aliphatic carbocycles. The second kappa shape index (κ2) is 4.42. The minimum atomic E-state index is 0.480. The van der Waals surface area contributed by atoms with E-state index in [4.69, 9.17) is 0 Å². The van der Waals surface area contributed by atoms with Gasteiger partial charge in [-0.2, -0.15) is 5.10 Å². The summed E-state index contributed by atoms with van der Waals surface area (Å²) >= 11 is 3.58. The fourth-order valence-corrected chi connectivity index (χ4v) is 3.37. The summed E-state index contributed by atoms with van der Waals surface area (Å²) in [5.41, 5.74) is 2.57. The molecule has 1 unspecified atom stereocenters. The molecule has 1 saturated heterocycles. The molecule has 0 spiro atoms. The maximum Gasteiger partial charge on any atom is 0.136 e. The fourth-order valence-electron chi connectivity index (χ4n) is 2.70. The maximum atomic E-state index is 4.45. The van der Waals surface area contributed by atoms with E-state index in [1.165, 1.54) is 35.7 Å². The number of fused-ring (bicyclic) bond motifs is 1. The van der Waals surface area contributed by atoms with Crippen molar-refractivity contribution in [2.24, 2.45) is 7.05 Å². The van der Waals surface area contributed by atoms with Crippen molar-refractivity contribution < 1.29 is 0 Å². The van der Waals surface area contributed by atoms with Crippen LogP contribution in [0.3, 0.4) is 0 Å². The number of aromatic nitrogens is 2. The highest BCUT2D eigenvalue weighted by molar-refractivity contribution is 9.10. The van der Waals surface area contributed by atoms with Gasteiger partial charge in [-0.1, -0.05) is 18.6 Å². The molecule has 2 heterocycles. The average molecular weight is 294 g/mol. The van der Waals surface area contributed by atoms with E-state index in [1.54, 1.807) is 0 Å². The zero-order chi connectivity index (χ0) is 11.8. The molecule has 1 N–H and O–H groups in total. The average Bonchev–Trinajstić information content (AvgIpc) is 2.66. The summed E-state index contributed by atoms with van der Waals surface area (Å²) < 4.78 is 2.89. The van der Waals surface area contributed by atoms with E-state index in [9.17, 15) is 0 Å². The third-order valence-corrected chi connectivity index (χ3v) is 4.11. The van der Waals surface area contributed by atoms with Crippen LogP contribution in [0.25, 0.3) is 10.9 Å². The largest absolute Gasteiger partial charge is 0.310 e. The van der Waals surface area contributed by atoms with Crippen LogP contribution in [0.2, 0.25) is 0 Å². The molecule has 3 nitrogen and oxygen atoms in total. The predicted molar refractivity (Wildman–Crippen MR) is 73.0 cm³/mol. The molecule has 1 atom stereocenters. The van der Waals surface area contributed by atoms with E-state index in [-0.39, 0.29) is 0 Å². The standard InChI is InChI=1S/C13H16BrN3/c1-17-11-7-4-5-9(12(11)13(14)16-17)10-6-2-3-8-15-10/h4-5,7,10,15H,2-3,6,8H2,1H3. The number of hydrogen-bond donors (Lipinski definition) is 1. The van der Waals surface area contributed by atoms with Crippen molar-refractivity contribution in [3.05, 3.63) is 28.4 Å². The van der Waals surface area contributed by atoms with Gasteiger partial charge in [0.1, 0.15) is 4.60 Å². The lowest BCUT2D eigenvalue weighted by molar-refractivity contribution is 0.414. The fraction of sp³-hybridized carbons (Fsp3) is 0.462. The Morgan fingerprint density at radius 2 is 2.29 bits per heavy atom. The molecule has 1 aliphatic heterocycles. The summed E-state index contributed by atoms with van der Waals surface area (Å²) in [4.78, 5) is 0.